The van der Waals surface area contributed by atoms with Gasteiger partial charge in [0.25, 0.3) is 5.91 Å². The largest absolute Gasteiger partial charge is 0.507 e. The van der Waals surface area contributed by atoms with Gasteiger partial charge in [-0.25, -0.2) is 0 Å². The highest BCUT2D eigenvalue weighted by molar-refractivity contribution is 6.31. The minimum absolute atomic E-state index is 0.0322. The smallest absolute Gasteiger partial charge is 0.416 e. The van der Waals surface area contributed by atoms with Gasteiger partial charge in [0, 0.05) is 10.0 Å². The fourth-order valence-electron chi connectivity index (χ4n) is 2.40. The maximum atomic E-state index is 13.1. The number of hydrogen-bond donors (Lipinski definition) is 2. The Labute approximate surface area is 173 Å². The number of hydrogen-bond acceptors (Lipinski definition) is 3. The molecule has 2 N–H and O–H groups in total. The van der Waals surface area contributed by atoms with E-state index in [-0.39, 0.29) is 27.8 Å². The normalized spacial score (nSPS) is 11.2. The van der Waals surface area contributed by atoms with Gasteiger partial charge in [0.1, 0.15) is 11.5 Å². The Morgan fingerprint density at radius 3 is 2.24 bits per heavy atom. The predicted octanol–water partition coefficient (Wildman–Crippen LogP) is 6.76. The molecule has 0 aliphatic carbocycles. The summed E-state index contributed by atoms with van der Waals surface area (Å²) in [5.74, 6) is -0.963. The Balaban J connectivity index is 1.98. The summed E-state index contributed by atoms with van der Waals surface area (Å²) in [6.45, 7) is 0. The monoisotopic (exact) mass is 441 g/mol. The molecule has 0 aliphatic heterocycles. The molecule has 0 bridgehead atoms. The molecule has 0 heterocycles. The van der Waals surface area contributed by atoms with Crippen LogP contribution in [0.5, 0.6) is 17.2 Å². The Bertz CT molecular complexity index is 1050. The van der Waals surface area contributed by atoms with E-state index >= 15 is 0 Å². The van der Waals surface area contributed by atoms with Crippen LogP contribution in [0.15, 0.2) is 60.7 Å². The van der Waals surface area contributed by atoms with Crippen molar-refractivity contribution in [2.24, 2.45) is 0 Å². The van der Waals surface area contributed by atoms with Gasteiger partial charge in [-0.05, 0) is 60.7 Å². The molecule has 0 aromatic heterocycles. The first-order valence-electron chi connectivity index (χ1n) is 8.08. The molecule has 0 unspecified atom stereocenters. The third-order valence-corrected chi connectivity index (χ3v) is 4.29. The number of phenols is 1. The molecule has 0 spiro atoms. The lowest BCUT2D eigenvalue weighted by molar-refractivity contribution is -0.137. The number of alkyl halides is 3. The molecule has 0 fully saturated rings. The molecule has 4 nitrogen and oxygen atoms in total. The summed E-state index contributed by atoms with van der Waals surface area (Å²) in [5.41, 5.74) is -1.42. The molecule has 1 amide bonds. The number of carbonyl (C=O) groups is 1. The van der Waals surface area contributed by atoms with Crippen LogP contribution >= 0.6 is 23.2 Å². The number of carbonyl (C=O) groups excluding carboxylic acids is 1. The summed E-state index contributed by atoms with van der Waals surface area (Å²) in [4.78, 5) is 12.5. The highest BCUT2D eigenvalue weighted by Crippen LogP contribution is 2.37. The molecule has 0 saturated heterocycles. The van der Waals surface area contributed by atoms with Crippen molar-refractivity contribution in [3.8, 4) is 17.2 Å². The van der Waals surface area contributed by atoms with E-state index in [0.29, 0.717) is 10.8 Å². The third kappa shape index (κ3) is 5.13. The predicted molar refractivity (Wildman–Crippen MR) is 104 cm³/mol. The van der Waals surface area contributed by atoms with Gasteiger partial charge >= 0.3 is 6.18 Å². The number of benzene rings is 3. The number of phenolic OH excluding ortho intramolecular Hbond substituents is 1. The van der Waals surface area contributed by atoms with E-state index in [1.807, 2.05) is 0 Å². The van der Waals surface area contributed by atoms with Gasteiger partial charge in [0.2, 0.25) is 0 Å². The topological polar surface area (TPSA) is 58.6 Å². The van der Waals surface area contributed by atoms with Crippen molar-refractivity contribution in [1.29, 1.82) is 0 Å². The van der Waals surface area contributed by atoms with E-state index in [1.54, 1.807) is 12.1 Å². The lowest BCUT2D eigenvalue weighted by atomic mass is 10.1. The highest BCUT2D eigenvalue weighted by atomic mass is 35.5. The molecule has 3 rings (SSSR count). The van der Waals surface area contributed by atoms with E-state index in [4.69, 9.17) is 27.9 Å². The van der Waals surface area contributed by atoms with Crippen molar-refractivity contribution in [3.63, 3.8) is 0 Å². The van der Waals surface area contributed by atoms with Crippen molar-refractivity contribution >= 4 is 34.8 Å². The van der Waals surface area contributed by atoms with Crippen LogP contribution < -0.4 is 10.1 Å². The molecule has 0 aliphatic rings. The molecule has 0 saturated carbocycles. The summed E-state index contributed by atoms with van der Waals surface area (Å²) in [5, 5.41) is 12.8. The zero-order valence-corrected chi connectivity index (χ0v) is 15.9. The van der Waals surface area contributed by atoms with Crippen LogP contribution in [0.4, 0.5) is 18.9 Å². The van der Waals surface area contributed by atoms with Crippen LogP contribution in [0.25, 0.3) is 0 Å². The Morgan fingerprint density at radius 1 is 0.931 bits per heavy atom. The van der Waals surface area contributed by atoms with E-state index in [1.165, 1.54) is 30.3 Å². The standard InChI is InChI=1S/C20H12Cl2F3NO3/c21-12-2-5-14(6-3-12)29-18-8-1-11(20(23,24)25)9-16(18)26-19(28)15-10-13(22)4-7-17(15)27/h1-10,27H,(H,26,28). The van der Waals surface area contributed by atoms with Gasteiger partial charge in [-0.3, -0.25) is 4.79 Å². The summed E-state index contributed by atoms with van der Waals surface area (Å²) < 4.78 is 45.0. The first kappa shape index (κ1) is 20.8. The van der Waals surface area contributed by atoms with E-state index in [0.717, 1.165) is 18.2 Å². The number of anilines is 1. The van der Waals surface area contributed by atoms with Gasteiger partial charge in [-0.1, -0.05) is 23.2 Å². The molecule has 9 heteroatoms. The zero-order valence-electron chi connectivity index (χ0n) is 14.4. The molecule has 3 aromatic carbocycles. The molecule has 0 atom stereocenters. The summed E-state index contributed by atoms with van der Waals surface area (Å²) in [7, 11) is 0. The fraction of sp³-hybridized carbons (Fsp3) is 0.0500. The summed E-state index contributed by atoms with van der Waals surface area (Å²) >= 11 is 11.6. The van der Waals surface area contributed by atoms with Crippen LogP contribution in [-0.4, -0.2) is 11.0 Å². The molecular weight excluding hydrogens is 430 g/mol. The lowest BCUT2D eigenvalue weighted by Gasteiger charge is -2.15. The van der Waals surface area contributed by atoms with Crippen LogP contribution in [-0.2, 0) is 6.18 Å². The molecular formula is C20H12Cl2F3NO3. The Morgan fingerprint density at radius 2 is 1.59 bits per heavy atom. The van der Waals surface area contributed by atoms with Crippen LogP contribution in [0, 0.1) is 0 Å². The Hall–Kier alpha value is -2.90. The summed E-state index contributed by atoms with van der Waals surface area (Å²) in [6, 6.07) is 12.6. The second kappa shape index (κ2) is 8.23. The maximum Gasteiger partial charge on any atom is 0.416 e. The number of aromatic hydroxyl groups is 1. The average Bonchev–Trinajstić information content (AvgIpc) is 2.66. The number of nitrogens with one attached hydrogen (secondary N) is 1. The minimum Gasteiger partial charge on any atom is -0.507 e. The first-order valence-corrected chi connectivity index (χ1v) is 8.83. The fourth-order valence-corrected chi connectivity index (χ4v) is 2.70. The van der Waals surface area contributed by atoms with Gasteiger partial charge in [0.15, 0.2) is 5.75 Å². The van der Waals surface area contributed by atoms with Crippen molar-refractivity contribution < 1.29 is 27.8 Å². The SMILES string of the molecule is O=C(Nc1cc(C(F)(F)F)ccc1Oc1ccc(Cl)cc1)c1cc(Cl)ccc1O. The van der Waals surface area contributed by atoms with Crippen LogP contribution in [0.1, 0.15) is 15.9 Å². The van der Waals surface area contributed by atoms with E-state index < -0.39 is 17.6 Å². The van der Waals surface area contributed by atoms with Crippen molar-refractivity contribution in [2.45, 2.75) is 6.18 Å². The van der Waals surface area contributed by atoms with Gasteiger partial charge in [0.05, 0.1) is 16.8 Å². The van der Waals surface area contributed by atoms with Gasteiger partial charge in [-0.2, -0.15) is 13.2 Å². The zero-order chi connectivity index (χ0) is 21.2. The lowest BCUT2D eigenvalue weighted by Crippen LogP contribution is -2.14. The van der Waals surface area contributed by atoms with Crippen molar-refractivity contribution in [1.82, 2.24) is 0 Å². The number of rotatable bonds is 4. The van der Waals surface area contributed by atoms with Crippen LogP contribution in [0.3, 0.4) is 0 Å². The van der Waals surface area contributed by atoms with E-state index in [9.17, 15) is 23.1 Å². The first-order chi connectivity index (χ1) is 13.6. The molecule has 29 heavy (non-hydrogen) atoms. The maximum absolute atomic E-state index is 13.1. The van der Waals surface area contributed by atoms with Crippen LogP contribution in [0.2, 0.25) is 10.0 Å². The molecule has 150 valence electrons. The molecule has 3 aromatic rings. The van der Waals surface area contributed by atoms with Gasteiger partial charge < -0.3 is 15.2 Å². The van der Waals surface area contributed by atoms with E-state index in [2.05, 4.69) is 5.32 Å². The quantitative estimate of drug-likeness (QED) is 0.469. The number of amides is 1. The second-order valence-corrected chi connectivity index (χ2v) is 6.75. The van der Waals surface area contributed by atoms with Gasteiger partial charge in [-0.15, -0.1) is 0 Å². The average molecular weight is 442 g/mol. The minimum atomic E-state index is -4.63. The Kier molecular flexibility index (Phi) is 5.91. The van der Waals surface area contributed by atoms with Crippen molar-refractivity contribution in [2.75, 3.05) is 5.32 Å². The number of halogens is 5. The summed E-state index contributed by atoms with van der Waals surface area (Å²) in [6.07, 6.45) is -4.63. The second-order valence-electron chi connectivity index (χ2n) is 5.88. The third-order valence-electron chi connectivity index (χ3n) is 3.80. The highest BCUT2D eigenvalue weighted by Gasteiger charge is 2.31. The van der Waals surface area contributed by atoms with Crippen molar-refractivity contribution in [3.05, 3.63) is 81.8 Å². The number of ether oxygens (including phenoxy) is 1. The molecule has 0 radical (unpaired) electrons.